The summed E-state index contributed by atoms with van der Waals surface area (Å²) in [6, 6.07) is 13.1. The van der Waals surface area contributed by atoms with E-state index in [4.69, 9.17) is 28.9 Å². The fourth-order valence-corrected chi connectivity index (χ4v) is 6.91. The van der Waals surface area contributed by atoms with Crippen LogP contribution in [0.4, 0.5) is 21.0 Å². The zero-order valence-electron chi connectivity index (χ0n) is 24.0. The molecule has 0 spiro atoms. The molecule has 0 radical (unpaired) electrons. The van der Waals surface area contributed by atoms with Crippen LogP contribution in [0.3, 0.4) is 0 Å². The van der Waals surface area contributed by atoms with Gasteiger partial charge in [-0.2, -0.15) is 0 Å². The molecule has 12 nitrogen and oxygen atoms in total. The van der Waals surface area contributed by atoms with Gasteiger partial charge >= 0.3 is 12.1 Å². The number of halogens is 2. The number of nitrogens with one attached hydrogen (secondary N) is 3. The number of anilines is 2. The van der Waals surface area contributed by atoms with Gasteiger partial charge in [-0.15, -0.1) is 0 Å². The monoisotopic (exact) mass is 660 g/mol. The van der Waals surface area contributed by atoms with Gasteiger partial charge in [-0.3, -0.25) is 9.59 Å². The summed E-state index contributed by atoms with van der Waals surface area (Å²) in [6.45, 7) is 4.22. The highest BCUT2D eigenvalue weighted by atomic mass is 35.5. The number of amides is 6. The molecule has 1 atom stereocenters. The summed E-state index contributed by atoms with van der Waals surface area (Å²) in [6.07, 6.45) is 0. The molecule has 6 amide bonds. The Bertz CT molecular complexity index is 1750. The van der Waals surface area contributed by atoms with E-state index in [9.17, 15) is 27.6 Å². The van der Waals surface area contributed by atoms with E-state index in [0.29, 0.717) is 18.8 Å². The van der Waals surface area contributed by atoms with Crippen molar-refractivity contribution in [2.45, 2.75) is 29.2 Å². The van der Waals surface area contributed by atoms with Crippen LogP contribution in [-0.4, -0.2) is 68.8 Å². The van der Waals surface area contributed by atoms with Gasteiger partial charge in [0.2, 0.25) is 15.7 Å². The molecule has 0 fully saturated rings. The third-order valence-electron chi connectivity index (χ3n) is 7.12. The highest BCUT2D eigenvalue weighted by Crippen LogP contribution is 2.48. The topological polar surface area (TPSA) is 171 Å². The van der Waals surface area contributed by atoms with Gasteiger partial charge in [-0.1, -0.05) is 41.4 Å². The van der Waals surface area contributed by atoms with Crippen molar-refractivity contribution in [2.24, 2.45) is 5.73 Å². The molecule has 0 bridgehead atoms. The molecule has 0 aromatic heterocycles. The lowest BCUT2D eigenvalue weighted by Crippen LogP contribution is -2.55. The quantitative estimate of drug-likeness (QED) is 0.270. The Labute approximate surface area is 264 Å². The first-order valence-corrected chi connectivity index (χ1v) is 15.6. The molecule has 1 aliphatic heterocycles. The van der Waals surface area contributed by atoms with Crippen molar-refractivity contribution in [3.63, 3.8) is 0 Å². The summed E-state index contributed by atoms with van der Waals surface area (Å²) in [5.74, 6) is -1.60. The second-order valence-corrected chi connectivity index (χ2v) is 12.7. The number of urea groups is 2. The van der Waals surface area contributed by atoms with Crippen molar-refractivity contribution in [2.75, 3.05) is 37.3 Å². The molecular weight excluding hydrogens is 631 g/mol. The molecule has 0 saturated heterocycles. The minimum Gasteiger partial charge on any atom is -0.368 e. The maximum Gasteiger partial charge on any atom is 0.321 e. The first-order chi connectivity index (χ1) is 20.8. The van der Waals surface area contributed by atoms with Gasteiger partial charge in [0.05, 0.1) is 15.5 Å². The second kappa shape index (κ2) is 12.7. The number of primary amides is 1. The van der Waals surface area contributed by atoms with E-state index in [1.165, 1.54) is 55.6 Å². The molecule has 1 unspecified atom stereocenters. The van der Waals surface area contributed by atoms with Crippen molar-refractivity contribution in [1.82, 2.24) is 15.1 Å². The van der Waals surface area contributed by atoms with Gasteiger partial charge < -0.3 is 31.5 Å². The van der Waals surface area contributed by atoms with E-state index in [1.54, 1.807) is 17.0 Å². The molecule has 232 valence electrons. The van der Waals surface area contributed by atoms with E-state index in [-0.39, 0.29) is 42.7 Å². The van der Waals surface area contributed by atoms with Crippen molar-refractivity contribution in [1.29, 1.82) is 0 Å². The van der Waals surface area contributed by atoms with Gasteiger partial charge in [0.1, 0.15) is 6.54 Å². The first kappa shape index (κ1) is 32.6. The van der Waals surface area contributed by atoms with Gasteiger partial charge in [0.15, 0.2) is 5.54 Å². The summed E-state index contributed by atoms with van der Waals surface area (Å²) >= 11 is 13.0. The minimum atomic E-state index is -4.32. The van der Waals surface area contributed by atoms with E-state index in [2.05, 4.69) is 16.0 Å². The van der Waals surface area contributed by atoms with Crippen LogP contribution in [0.15, 0.2) is 70.5 Å². The number of sulfone groups is 1. The van der Waals surface area contributed by atoms with E-state index in [0.717, 1.165) is 4.90 Å². The summed E-state index contributed by atoms with van der Waals surface area (Å²) in [4.78, 5) is 53.1. The molecule has 3 aromatic rings. The average molecular weight is 662 g/mol. The number of hydrogen-bond donors (Lipinski definition) is 4. The fourth-order valence-electron chi connectivity index (χ4n) is 4.89. The standard InChI is InChI=1S/C29H30Cl2N6O6S/c1-4-37(5-2)27(40)33-18-10-12-19(13-11-18)44(42,43)23-15-17(30)14-21-25(23)34-26(39)29(21,20-8-6-7-9-22(20)31)35-28(41)36(3)16-24(32)38/h6-15H,4-5,16H2,1-3H3,(H2,32,38)(H,33,40)(H,34,39)(H,35,41). The van der Waals surface area contributed by atoms with Crippen molar-refractivity contribution in [3.8, 4) is 0 Å². The van der Waals surface area contributed by atoms with E-state index >= 15 is 0 Å². The van der Waals surface area contributed by atoms with Crippen molar-refractivity contribution in [3.05, 3.63) is 81.8 Å². The third kappa shape index (κ3) is 6.03. The fraction of sp³-hybridized carbons (Fsp3) is 0.241. The summed E-state index contributed by atoms with van der Waals surface area (Å²) < 4.78 is 27.9. The van der Waals surface area contributed by atoms with Crippen LogP contribution in [0, 0.1) is 0 Å². The lowest BCUT2D eigenvalue weighted by molar-refractivity contribution is -0.120. The number of nitrogens with zero attached hydrogens (tertiary/aromatic N) is 2. The molecule has 44 heavy (non-hydrogen) atoms. The molecule has 3 aromatic carbocycles. The molecule has 1 aliphatic rings. The number of nitrogens with two attached hydrogens (primary N) is 1. The van der Waals surface area contributed by atoms with Crippen LogP contribution in [0.5, 0.6) is 0 Å². The molecule has 5 N–H and O–H groups in total. The first-order valence-electron chi connectivity index (χ1n) is 13.4. The SMILES string of the molecule is CCN(CC)C(=O)Nc1ccc(S(=O)(=O)c2cc(Cl)cc3c2NC(=O)C3(NC(=O)N(C)CC(N)=O)c2ccccc2Cl)cc1. The highest BCUT2D eigenvalue weighted by molar-refractivity contribution is 7.91. The Balaban J connectivity index is 1.83. The van der Waals surface area contributed by atoms with Crippen LogP contribution < -0.4 is 21.7 Å². The zero-order chi connectivity index (χ0) is 32.4. The normalized spacial score (nSPS) is 15.6. The molecule has 4 rings (SSSR count). The number of hydrogen-bond acceptors (Lipinski definition) is 6. The number of carbonyl (C=O) groups excluding carboxylic acids is 4. The third-order valence-corrected chi connectivity index (χ3v) is 9.46. The van der Waals surface area contributed by atoms with Crippen LogP contribution in [0.25, 0.3) is 0 Å². The number of fused-ring (bicyclic) bond motifs is 1. The summed E-state index contributed by atoms with van der Waals surface area (Å²) in [5, 5.41) is 8.02. The Morgan fingerprint density at radius 2 is 1.59 bits per heavy atom. The maximum absolute atomic E-state index is 14.0. The molecule has 1 heterocycles. The Kier molecular flexibility index (Phi) is 9.42. The lowest BCUT2D eigenvalue weighted by atomic mass is 9.83. The second-order valence-electron chi connectivity index (χ2n) is 9.89. The Hall–Kier alpha value is -4.33. The summed E-state index contributed by atoms with van der Waals surface area (Å²) in [5.41, 5.74) is 3.63. The van der Waals surface area contributed by atoms with Crippen LogP contribution >= 0.6 is 23.2 Å². The van der Waals surface area contributed by atoms with Gasteiger partial charge in [0, 0.05) is 47.0 Å². The van der Waals surface area contributed by atoms with Crippen molar-refractivity contribution < 1.29 is 27.6 Å². The predicted molar refractivity (Wildman–Crippen MR) is 167 cm³/mol. The average Bonchev–Trinajstić information content (AvgIpc) is 3.24. The molecule has 0 aliphatic carbocycles. The van der Waals surface area contributed by atoms with E-state index in [1.807, 2.05) is 13.8 Å². The number of benzene rings is 3. The van der Waals surface area contributed by atoms with Gasteiger partial charge in [0.25, 0.3) is 5.91 Å². The van der Waals surface area contributed by atoms with Gasteiger partial charge in [-0.25, -0.2) is 18.0 Å². The molecule has 15 heteroatoms. The maximum atomic E-state index is 14.0. The van der Waals surface area contributed by atoms with Crippen LogP contribution in [0.1, 0.15) is 25.0 Å². The minimum absolute atomic E-state index is 0.0191. The van der Waals surface area contributed by atoms with Crippen LogP contribution in [0.2, 0.25) is 10.0 Å². The number of carbonyl (C=O) groups is 4. The highest BCUT2D eigenvalue weighted by Gasteiger charge is 2.53. The number of rotatable bonds is 9. The Morgan fingerprint density at radius 1 is 0.955 bits per heavy atom. The summed E-state index contributed by atoms with van der Waals surface area (Å²) in [7, 11) is -3.02. The Morgan fingerprint density at radius 3 is 2.18 bits per heavy atom. The molecular formula is C29H30Cl2N6O6S. The smallest absolute Gasteiger partial charge is 0.321 e. The molecule has 0 saturated carbocycles. The van der Waals surface area contributed by atoms with Gasteiger partial charge in [-0.05, 0) is 56.3 Å². The van der Waals surface area contributed by atoms with Crippen molar-refractivity contribution >= 4 is 68.3 Å². The largest absolute Gasteiger partial charge is 0.368 e. The predicted octanol–water partition coefficient (Wildman–Crippen LogP) is 4.02. The van der Waals surface area contributed by atoms with Crippen LogP contribution in [-0.2, 0) is 25.0 Å². The van der Waals surface area contributed by atoms with E-state index < -0.39 is 39.8 Å². The number of likely N-dealkylation sites (N-methyl/N-ethyl adjacent to an activating group) is 1. The zero-order valence-corrected chi connectivity index (χ0v) is 26.3. The lowest BCUT2D eigenvalue weighted by Gasteiger charge is -2.32.